The molecule has 0 bridgehead atoms. The second-order valence-corrected chi connectivity index (χ2v) is 4.87. The molecule has 0 radical (unpaired) electrons. The second kappa shape index (κ2) is 6.10. The molecule has 17 heavy (non-hydrogen) atoms. The zero-order chi connectivity index (χ0) is 12.1. The van der Waals surface area contributed by atoms with E-state index in [0.717, 1.165) is 37.0 Å². The lowest BCUT2D eigenvalue weighted by Crippen LogP contribution is -2.36. The molecule has 1 aromatic heterocycles. The molecule has 1 aliphatic rings. The van der Waals surface area contributed by atoms with Gasteiger partial charge in [0.25, 0.3) is 0 Å². The van der Waals surface area contributed by atoms with Gasteiger partial charge in [-0.05, 0) is 37.3 Å². The number of halogens is 1. The molecule has 0 N–H and O–H groups in total. The van der Waals surface area contributed by atoms with E-state index in [1.807, 2.05) is 12.1 Å². The number of methoxy groups -OCH3 is 1. The van der Waals surface area contributed by atoms with Crippen molar-refractivity contribution in [3.05, 3.63) is 18.3 Å². The van der Waals surface area contributed by atoms with E-state index in [1.54, 1.807) is 13.3 Å². The Labute approximate surface area is 108 Å². The molecule has 0 saturated carbocycles. The van der Waals surface area contributed by atoms with Crippen LogP contribution in [0.5, 0.6) is 5.75 Å². The van der Waals surface area contributed by atoms with Crippen molar-refractivity contribution in [3.8, 4) is 5.75 Å². The van der Waals surface area contributed by atoms with Crippen molar-refractivity contribution in [1.82, 2.24) is 4.98 Å². The molecule has 0 aliphatic carbocycles. The van der Waals surface area contributed by atoms with Gasteiger partial charge in [0.05, 0.1) is 13.3 Å². The molecule has 0 amide bonds. The maximum atomic E-state index is 5.82. The zero-order valence-corrected chi connectivity index (χ0v) is 11.0. The third-order valence-electron chi connectivity index (χ3n) is 3.32. The molecule has 94 valence electrons. The number of aromatic nitrogens is 1. The SMILES string of the molecule is COc1ccc(N2CCCC(CCCl)C2)nc1. The third-order valence-corrected chi connectivity index (χ3v) is 3.53. The zero-order valence-electron chi connectivity index (χ0n) is 10.2. The summed E-state index contributed by atoms with van der Waals surface area (Å²) in [4.78, 5) is 6.78. The van der Waals surface area contributed by atoms with Crippen molar-refractivity contribution >= 4 is 17.4 Å². The van der Waals surface area contributed by atoms with E-state index >= 15 is 0 Å². The highest BCUT2D eigenvalue weighted by molar-refractivity contribution is 6.17. The van der Waals surface area contributed by atoms with E-state index in [0.29, 0.717) is 5.92 Å². The monoisotopic (exact) mass is 254 g/mol. The Morgan fingerprint density at radius 3 is 3.06 bits per heavy atom. The summed E-state index contributed by atoms with van der Waals surface area (Å²) in [5, 5.41) is 0. The maximum absolute atomic E-state index is 5.82. The summed E-state index contributed by atoms with van der Waals surface area (Å²) in [5.41, 5.74) is 0. The fraction of sp³-hybridized carbons (Fsp3) is 0.615. The van der Waals surface area contributed by atoms with E-state index in [1.165, 1.54) is 12.8 Å². The Morgan fingerprint density at radius 2 is 2.41 bits per heavy atom. The molecule has 2 heterocycles. The van der Waals surface area contributed by atoms with Gasteiger partial charge in [-0.1, -0.05) is 0 Å². The Balaban J connectivity index is 2.00. The van der Waals surface area contributed by atoms with Crippen molar-refractivity contribution in [2.24, 2.45) is 5.92 Å². The van der Waals surface area contributed by atoms with Gasteiger partial charge < -0.3 is 9.64 Å². The summed E-state index contributed by atoms with van der Waals surface area (Å²) in [6.07, 6.45) is 5.41. The number of nitrogens with zero attached hydrogens (tertiary/aromatic N) is 2. The van der Waals surface area contributed by atoms with Gasteiger partial charge in [0.15, 0.2) is 0 Å². The van der Waals surface area contributed by atoms with Gasteiger partial charge in [0.2, 0.25) is 0 Å². The predicted octanol–water partition coefficient (Wildman–Crippen LogP) is 2.94. The minimum absolute atomic E-state index is 0.713. The fourth-order valence-corrected chi connectivity index (χ4v) is 2.65. The molecule has 1 saturated heterocycles. The quantitative estimate of drug-likeness (QED) is 0.773. The normalized spacial score (nSPS) is 20.4. The Hall–Kier alpha value is -0.960. The number of rotatable bonds is 4. The summed E-state index contributed by atoms with van der Waals surface area (Å²) in [6, 6.07) is 4.00. The molecule has 1 aliphatic heterocycles. The van der Waals surface area contributed by atoms with Crippen LogP contribution in [0.15, 0.2) is 18.3 Å². The number of hydrogen-bond donors (Lipinski definition) is 0. The summed E-state index contributed by atoms with van der Waals surface area (Å²) in [6.45, 7) is 2.17. The number of hydrogen-bond acceptors (Lipinski definition) is 3. The van der Waals surface area contributed by atoms with E-state index in [9.17, 15) is 0 Å². The Bertz CT molecular complexity index is 340. The van der Waals surface area contributed by atoms with Crippen molar-refractivity contribution in [2.75, 3.05) is 31.0 Å². The topological polar surface area (TPSA) is 25.4 Å². The lowest BCUT2D eigenvalue weighted by molar-refractivity contribution is 0.402. The van der Waals surface area contributed by atoms with Gasteiger partial charge in [-0.3, -0.25) is 0 Å². The van der Waals surface area contributed by atoms with Crippen molar-refractivity contribution in [1.29, 1.82) is 0 Å². The van der Waals surface area contributed by atoms with E-state index < -0.39 is 0 Å². The van der Waals surface area contributed by atoms with Gasteiger partial charge >= 0.3 is 0 Å². The molecule has 1 aromatic rings. The largest absolute Gasteiger partial charge is 0.495 e. The average Bonchev–Trinajstić information content (AvgIpc) is 2.40. The van der Waals surface area contributed by atoms with Crippen molar-refractivity contribution < 1.29 is 4.74 Å². The molecular formula is C13H19ClN2O. The van der Waals surface area contributed by atoms with Crippen molar-refractivity contribution in [2.45, 2.75) is 19.3 Å². The first kappa shape index (κ1) is 12.5. The fourth-order valence-electron chi connectivity index (χ4n) is 2.34. The van der Waals surface area contributed by atoms with Crippen LogP contribution in [0, 0.1) is 5.92 Å². The van der Waals surface area contributed by atoms with Crippen LogP contribution in [-0.2, 0) is 0 Å². The predicted molar refractivity (Wildman–Crippen MR) is 71.1 cm³/mol. The number of anilines is 1. The molecule has 1 fully saturated rings. The van der Waals surface area contributed by atoms with Crippen LogP contribution in [0.2, 0.25) is 0 Å². The molecule has 0 aromatic carbocycles. The average molecular weight is 255 g/mol. The third kappa shape index (κ3) is 3.25. The molecule has 2 rings (SSSR count). The Kier molecular flexibility index (Phi) is 4.49. The van der Waals surface area contributed by atoms with Gasteiger partial charge in [0.1, 0.15) is 11.6 Å². The Morgan fingerprint density at radius 1 is 1.53 bits per heavy atom. The molecule has 4 heteroatoms. The lowest BCUT2D eigenvalue weighted by atomic mass is 9.95. The molecule has 1 atom stereocenters. The minimum atomic E-state index is 0.713. The number of pyridine rings is 1. The van der Waals surface area contributed by atoms with E-state index in [2.05, 4.69) is 9.88 Å². The molecule has 0 spiro atoms. The van der Waals surface area contributed by atoms with Gasteiger partial charge in [0, 0.05) is 19.0 Å². The molecule has 3 nitrogen and oxygen atoms in total. The highest BCUT2D eigenvalue weighted by Gasteiger charge is 2.20. The van der Waals surface area contributed by atoms with Crippen molar-refractivity contribution in [3.63, 3.8) is 0 Å². The van der Waals surface area contributed by atoms with E-state index in [4.69, 9.17) is 16.3 Å². The van der Waals surface area contributed by atoms with Crippen LogP contribution >= 0.6 is 11.6 Å². The van der Waals surface area contributed by atoms with Crippen LogP contribution in [0.3, 0.4) is 0 Å². The van der Waals surface area contributed by atoms with Crippen LogP contribution in [0.4, 0.5) is 5.82 Å². The van der Waals surface area contributed by atoms with Gasteiger partial charge in [-0.2, -0.15) is 0 Å². The standard InChI is InChI=1S/C13H19ClN2O/c1-17-12-4-5-13(15-9-12)16-8-2-3-11(10-16)6-7-14/h4-5,9,11H,2-3,6-8,10H2,1H3. The number of piperidine rings is 1. The maximum Gasteiger partial charge on any atom is 0.137 e. The summed E-state index contributed by atoms with van der Waals surface area (Å²) >= 11 is 5.82. The van der Waals surface area contributed by atoms with Gasteiger partial charge in [-0.15, -0.1) is 11.6 Å². The molecule has 1 unspecified atom stereocenters. The molecular weight excluding hydrogens is 236 g/mol. The summed E-state index contributed by atoms with van der Waals surface area (Å²) in [5.74, 6) is 3.33. The highest BCUT2D eigenvalue weighted by atomic mass is 35.5. The highest BCUT2D eigenvalue weighted by Crippen LogP contribution is 2.24. The first-order valence-electron chi connectivity index (χ1n) is 6.14. The first-order chi connectivity index (χ1) is 8.33. The number of alkyl halides is 1. The van der Waals surface area contributed by atoms with Crippen LogP contribution < -0.4 is 9.64 Å². The van der Waals surface area contributed by atoms with E-state index in [-0.39, 0.29) is 0 Å². The second-order valence-electron chi connectivity index (χ2n) is 4.49. The smallest absolute Gasteiger partial charge is 0.137 e. The van der Waals surface area contributed by atoms with Crippen LogP contribution in [0.25, 0.3) is 0 Å². The van der Waals surface area contributed by atoms with Gasteiger partial charge in [-0.25, -0.2) is 4.98 Å². The van der Waals surface area contributed by atoms with Crippen LogP contribution in [0.1, 0.15) is 19.3 Å². The van der Waals surface area contributed by atoms with Crippen LogP contribution in [-0.4, -0.2) is 31.1 Å². The first-order valence-corrected chi connectivity index (χ1v) is 6.68. The lowest BCUT2D eigenvalue weighted by Gasteiger charge is -2.33. The summed E-state index contributed by atoms with van der Waals surface area (Å²) in [7, 11) is 1.66. The number of ether oxygens (including phenoxy) is 1. The minimum Gasteiger partial charge on any atom is -0.495 e. The summed E-state index contributed by atoms with van der Waals surface area (Å²) < 4.78 is 5.12.